The molecule has 18 heavy (non-hydrogen) atoms. The van der Waals surface area contributed by atoms with Crippen LogP contribution >= 0.6 is 0 Å². The fraction of sp³-hybridized carbons (Fsp3) is 0.400. The first-order chi connectivity index (χ1) is 8.86. The van der Waals surface area contributed by atoms with Gasteiger partial charge < -0.3 is 9.88 Å². The Balaban J connectivity index is 2.28. The fourth-order valence-electron chi connectivity index (χ4n) is 2.44. The predicted molar refractivity (Wildman–Crippen MR) is 74.4 cm³/mol. The third-order valence-corrected chi connectivity index (χ3v) is 3.29. The molecule has 1 N–H and O–H groups in total. The second-order valence-corrected chi connectivity index (χ2v) is 4.43. The number of rotatable bonds is 6. The van der Waals surface area contributed by atoms with Gasteiger partial charge in [-0.2, -0.15) is 0 Å². The third kappa shape index (κ3) is 2.79. The van der Waals surface area contributed by atoms with Gasteiger partial charge in [-0.05, 0) is 18.5 Å². The van der Waals surface area contributed by atoms with Crippen LogP contribution in [-0.2, 0) is 0 Å². The van der Waals surface area contributed by atoms with Gasteiger partial charge in [-0.25, -0.2) is 4.98 Å². The Hall–Kier alpha value is -1.61. The zero-order valence-corrected chi connectivity index (χ0v) is 11.1. The first-order valence-electron chi connectivity index (χ1n) is 6.62. The summed E-state index contributed by atoms with van der Waals surface area (Å²) in [6, 6.07) is 11.4. The number of aromatic nitrogens is 2. The molecule has 0 amide bonds. The molecule has 3 nitrogen and oxygen atoms in total. The van der Waals surface area contributed by atoms with Gasteiger partial charge in [0.15, 0.2) is 0 Å². The molecule has 0 fully saturated rings. The zero-order chi connectivity index (χ0) is 12.8. The van der Waals surface area contributed by atoms with Crippen LogP contribution in [0.1, 0.15) is 37.9 Å². The number of likely N-dealkylation sites (N-methyl/N-ethyl adjacent to an activating group) is 1. The molecule has 0 spiro atoms. The highest BCUT2D eigenvalue weighted by Gasteiger charge is 2.21. The Kier molecular flexibility index (Phi) is 4.53. The van der Waals surface area contributed by atoms with Crippen molar-refractivity contribution >= 4 is 0 Å². The lowest BCUT2D eigenvalue weighted by atomic mass is 9.97. The second kappa shape index (κ2) is 6.36. The van der Waals surface area contributed by atoms with E-state index in [-0.39, 0.29) is 0 Å². The van der Waals surface area contributed by atoms with Crippen LogP contribution in [0, 0.1) is 0 Å². The summed E-state index contributed by atoms with van der Waals surface area (Å²) >= 11 is 0. The summed E-state index contributed by atoms with van der Waals surface area (Å²) in [4.78, 5) is 4.16. The van der Waals surface area contributed by atoms with E-state index in [2.05, 4.69) is 59.0 Å². The fourth-order valence-corrected chi connectivity index (χ4v) is 2.44. The van der Waals surface area contributed by atoms with Gasteiger partial charge in [0.05, 0.1) is 18.4 Å². The van der Waals surface area contributed by atoms with E-state index >= 15 is 0 Å². The normalized spacial score (nSPS) is 14.3. The summed E-state index contributed by atoms with van der Waals surface area (Å²) in [5.74, 6) is 0. The molecule has 1 heterocycles. The van der Waals surface area contributed by atoms with Gasteiger partial charge in [-0.3, -0.25) is 0 Å². The summed E-state index contributed by atoms with van der Waals surface area (Å²) in [5.41, 5.74) is 1.33. The summed E-state index contributed by atoms with van der Waals surface area (Å²) in [5, 5.41) is 3.59. The maximum absolute atomic E-state index is 4.16. The number of benzene rings is 1. The highest BCUT2D eigenvalue weighted by atomic mass is 15.1. The number of nitrogens with one attached hydrogen (secondary N) is 1. The third-order valence-electron chi connectivity index (χ3n) is 3.29. The molecule has 0 aliphatic rings. The van der Waals surface area contributed by atoms with Crippen molar-refractivity contribution in [2.75, 3.05) is 6.54 Å². The molecular weight excluding hydrogens is 222 g/mol. The molecule has 0 bridgehead atoms. The van der Waals surface area contributed by atoms with Crippen molar-refractivity contribution in [2.45, 2.75) is 32.4 Å². The van der Waals surface area contributed by atoms with E-state index in [1.807, 2.05) is 18.7 Å². The quantitative estimate of drug-likeness (QED) is 0.844. The van der Waals surface area contributed by atoms with Crippen LogP contribution in [0.2, 0.25) is 0 Å². The summed E-state index contributed by atoms with van der Waals surface area (Å²) < 4.78 is 2.19. The summed E-state index contributed by atoms with van der Waals surface area (Å²) in [6.07, 6.45) is 6.86. The molecule has 0 saturated carbocycles. The Labute approximate surface area is 109 Å². The van der Waals surface area contributed by atoms with Crippen LogP contribution < -0.4 is 5.32 Å². The Morgan fingerprint density at radius 3 is 2.56 bits per heavy atom. The molecule has 2 rings (SSSR count). The number of imidazole rings is 1. The van der Waals surface area contributed by atoms with Gasteiger partial charge in [-0.15, -0.1) is 0 Å². The second-order valence-electron chi connectivity index (χ2n) is 4.43. The maximum atomic E-state index is 4.16. The number of nitrogens with zero attached hydrogens (tertiary/aromatic N) is 2. The lowest BCUT2D eigenvalue weighted by Crippen LogP contribution is -2.29. The molecule has 2 aromatic rings. The molecule has 1 aromatic carbocycles. The first-order valence-corrected chi connectivity index (χ1v) is 6.62. The highest BCUT2D eigenvalue weighted by Crippen LogP contribution is 2.28. The standard InChI is InChI=1S/C15H21N3/c1-3-14(18-11-10-16-12-18)15(17-4-2)13-8-6-5-7-9-13/h5-12,14-15,17H,3-4H2,1-2H3. The van der Waals surface area contributed by atoms with Crippen molar-refractivity contribution in [1.29, 1.82) is 0 Å². The lowest BCUT2D eigenvalue weighted by Gasteiger charge is -2.28. The van der Waals surface area contributed by atoms with Crippen LogP contribution in [0.25, 0.3) is 0 Å². The topological polar surface area (TPSA) is 29.9 Å². The minimum absolute atomic E-state index is 0.329. The van der Waals surface area contributed by atoms with Crippen molar-refractivity contribution in [2.24, 2.45) is 0 Å². The van der Waals surface area contributed by atoms with Crippen molar-refractivity contribution in [3.8, 4) is 0 Å². The maximum Gasteiger partial charge on any atom is 0.0949 e. The molecule has 0 aliphatic carbocycles. The van der Waals surface area contributed by atoms with E-state index < -0.39 is 0 Å². The smallest absolute Gasteiger partial charge is 0.0949 e. The average molecular weight is 243 g/mol. The Bertz CT molecular complexity index is 436. The van der Waals surface area contributed by atoms with Crippen LogP contribution in [-0.4, -0.2) is 16.1 Å². The molecular formula is C15H21N3. The summed E-state index contributed by atoms with van der Waals surface area (Å²) in [6.45, 7) is 5.33. The van der Waals surface area contributed by atoms with Gasteiger partial charge in [0.1, 0.15) is 0 Å². The van der Waals surface area contributed by atoms with E-state index in [0.717, 1.165) is 13.0 Å². The Morgan fingerprint density at radius 1 is 1.22 bits per heavy atom. The minimum atomic E-state index is 0.329. The molecule has 3 heteroatoms. The lowest BCUT2D eigenvalue weighted by molar-refractivity contribution is 0.350. The minimum Gasteiger partial charge on any atom is -0.333 e. The molecule has 0 radical (unpaired) electrons. The van der Waals surface area contributed by atoms with Crippen LogP contribution in [0.15, 0.2) is 49.1 Å². The van der Waals surface area contributed by atoms with E-state index in [1.54, 1.807) is 0 Å². The van der Waals surface area contributed by atoms with E-state index in [1.165, 1.54) is 5.56 Å². The van der Waals surface area contributed by atoms with Gasteiger partial charge in [-0.1, -0.05) is 44.2 Å². The van der Waals surface area contributed by atoms with Gasteiger partial charge in [0.2, 0.25) is 0 Å². The van der Waals surface area contributed by atoms with Gasteiger partial charge in [0.25, 0.3) is 0 Å². The van der Waals surface area contributed by atoms with Crippen molar-refractivity contribution in [3.63, 3.8) is 0 Å². The molecule has 0 saturated heterocycles. The monoisotopic (exact) mass is 243 g/mol. The zero-order valence-electron chi connectivity index (χ0n) is 11.1. The predicted octanol–water partition coefficient (Wildman–Crippen LogP) is 3.19. The molecule has 0 aliphatic heterocycles. The number of hydrogen-bond acceptors (Lipinski definition) is 2. The van der Waals surface area contributed by atoms with E-state index in [0.29, 0.717) is 12.1 Å². The first kappa shape index (κ1) is 12.8. The van der Waals surface area contributed by atoms with Crippen LogP contribution in [0.4, 0.5) is 0 Å². The Morgan fingerprint density at radius 2 is 2.00 bits per heavy atom. The van der Waals surface area contributed by atoms with Gasteiger partial charge >= 0.3 is 0 Å². The number of hydrogen-bond donors (Lipinski definition) is 1. The highest BCUT2D eigenvalue weighted by molar-refractivity contribution is 5.20. The average Bonchev–Trinajstić information content (AvgIpc) is 2.94. The molecule has 2 atom stereocenters. The van der Waals surface area contributed by atoms with Crippen molar-refractivity contribution < 1.29 is 0 Å². The largest absolute Gasteiger partial charge is 0.333 e. The van der Waals surface area contributed by atoms with Crippen LogP contribution in [0.3, 0.4) is 0 Å². The van der Waals surface area contributed by atoms with Gasteiger partial charge in [0, 0.05) is 12.4 Å². The molecule has 1 aromatic heterocycles. The molecule has 2 unspecified atom stereocenters. The summed E-state index contributed by atoms with van der Waals surface area (Å²) in [7, 11) is 0. The van der Waals surface area contributed by atoms with Crippen molar-refractivity contribution in [1.82, 2.24) is 14.9 Å². The van der Waals surface area contributed by atoms with E-state index in [4.69, 9.17) is 0 Å². The van der Waals surface area contributed by atoms with Crippen LogP contribution in [0.5, 0.6) is 0 Å². The molecule has 96 valence electrons. The SMILES string of the molecule is CCNC(c1ccccc1)C(CC)n1ccnc1. The van der Waals surface area contributed by atoms with E-state index in [9.17, 15) is 0 Å². The van der Waals surface area contributed by atoms with Crippen molar-refractivity contribution in [3.05, 3.63) is 54.6 Å².